The first kappa shape index (κ1) is 14.8. The van der Waals surface area contributed by atoms with Crippen LogP contribution in [-0.2, 0) is 18.7 Å². The number of halogens is 1. The van der Waals surface area contributed by atoms with Gasteiger partial charge in [0.2, 0.25) is 0 Å². The zero-order valence-corrected chi connectivity index (χ0v) is 13.6. The number of nitrogens with one attached hydrogen (secondary N) is 1. The Labute approximate surface area is 134 Å². The molecule has 0 heterocycles. The highest BCUT2D eigenvalue weighted by molar-refractivity contribution is 9.10. The summed E-state index contributed by atoms with van der Waals surface area (Å²) in [6.07, 6.45) is 3.67. The quantitative estimate of drug-likeness (QED) is 0.854. The molecule has 0 aliphatic heterocycles. The van der Waals surface area contributed by atoms with Gasteiger partial charge in [0, 0.05) is 16.6 Å². The van der Waals surface area contributed by atoms with E-state index in [-0.39, 0.29) is 12.1 Å². The second-order valence-electron chi connectivity index (χ2n) is 5.77. The van der Waals surface area contributed by atoms with Gasteiger partial charge in [0.25, 0.3) is 0 Å². The Hall–Kier alpha value is -1.16. The minimum Gasteiger partial charge on any atom is -0.392 e. The second kappa shape index (κ2) is 6.30. The number of hydrogen-bond donors (Lipinski definition) is 2. The van der Waals surface area contributed by atoms with Crippen LogP contribution in [0.4, 0.5) is 0 Å². The van der Waals surface area contributed by atoms with Crippen molar-refractivity contribution < 1.29 is 5.11 Å². The highest BCUT2D eigenvalue weighted by Gasteiger charge is 2.38. The van der Waals surface area contributed by atoms with Gasteiger partial charge in [-0.25, -0.2) is 0 Å². The molecule has 21 heavy (non-hydrogen) atoms. The summed E-state index contributed by atoms with van der Waals surface area (Å²) in [5, 5.41) is 12.8. The van der Waals surface area contributed by atoms with Gasteiger partial charge in [0.1, 0.15) is 0 Å². The molecule has 1 aliphatic carbocycles. The van der Waals surface area contributed by atoms with Gasteiger partial charge in [-0.2, -0.15) is 0 Å². The van der Waals surface area contributed by atoms with E-state index in [0.29, 0.717) is 0 Å². The molecule has 110 valence electrons. The van der Waals surface area contributed by atoms with Gasteiger partial charge in [0.05, 0.1) is 6.61 Å². The van der Waals surface area contributed by atoms with Crippen LogP contribution >= 0.6 is 15.9 Å². The molecule has 0 atom stereocenters. The average Bonchev–Trinajstić information content (AvgIpc) is 2.47. The van der Waals surface area contributed by atoms with Gasteiger partial charge in [-0.15, -0.1) is 0 Å². The van der Waals surface area contributed by atoms with Crippen molar-refractivity contribution in [3.63, 3.8) is 0 Å². The lowest BCUT2D eigenvalue weighted by molar-refractivity contribution is 0.183. The number of benzene rings is 2. The molecule has 0 aromatic heterocycles. The molecule has 2 aromatic rings. The monoisotopic (exact) mass is 345 g/mol. The molecular weight excluding hydrogens is 326 g/mol. The van der Waals surface area contributed by atoms with E-state index in [1.54, 1.807) is 0 Å². The third kappa shape index (κ3) is 3.20. The molecular formula is C18H20BrNO. The van der Waals surface area contributed by atoms with Gasteiger partial charge in [-0.05, 0) is 48.1 Å². The zero-order chi connectivity index (χ0) is 14.7. The summed E-state index contributed by atoms with van der Waals surface area (Å²) in [6, 6.07) is 16.8. The van der Waals surface area contributed by atoms with Gasteiger partial charge in [0.15, 0.2) is 0 Å². The fraction of sp³-hybridized carbons (Fsp3) is 0.333. The predicted molar refractivity (Wildman–Crippen MR) is 88.9 cm³/mol. The summed E-state index contributed by atoms with van der Waals surface area (Å²) >= 11 is 3.57. The molecule has 1 fully saturated rings. The largest absolute Gasteiger partial charge is 0.392 e. The molecule has 0 saturated heterocycles. The van der Waals surface area contributed by atoms with Crippen LogP contribution in [0.25, 0.3) is 0 Å². The average molecular weight is 346 g/mol. The van der Waals surface area contributed by atoms with Crippen molar-refractivity contribution in [2.75, 3.05) is 0 Å². The topological polar surface area (TPSA) is 32.3 Å². The molecule has 2 nitrogen and oxygen atoms in total. The summed E-state index contributed by atoms with van der Waals surface area (Å²) in [7, 11) is 0. The van der Waals surface area contributed by atoms with E-state index in [9.17, 15) is 0 Å². The van der Waals surface area contributed by atoms with E-state index >= 15 is 0 Å². The molecule has 0 spiro atoms. The van der Waals surface area contributed by atoms with E-state index in [4.69, 9.17) is 5.11 Å². The Morgan fingerprint density at radius 3 is 2.33 bits per heavy atom. The van der Waals surface area contributed by atoms with E-state index in [2.05, 4.69) is 57.6 Å². The van der Waals surface area contributed by atoms with Crippen LogP contribution in [0.15, 0.2) is 53.0 Å². The van der Waals surface area contributed by atoms with Gasteiger partial charge in [-0.3, -0.25) is 0 Å². The van der Waals surface area contributed by atoms with Crippen molar-refractivity contribution in [3.05, 3.63) is 69.7 Å². The summed E-state index contributed by atoms with van der Waals surface area (Å²) in [5.41, 5.74) is 3.71. The summed E-state index contributed by atoms with van der Waals surface area (Å²) in [5.74, 6) is 0. The first-order valence-electron chi connectivity index (χ1n) is 7.42. The molecule has 1 saturated carbocycles. The highest BCUT2D eigenvalue weighted by Crippen LogP contribution is 2.42. The summed E-state index contributed by atoms with van der Waals surface area (Å²) in [4.78, 5) is 0. The van der Waals surface area contributed by atoms with E-state index in [0.717, 1.165) is 16.6 Å². The third-order valence-electron chi connectivity index (χ3n) is 4.42. The molecule has 1 aliphatic rings. The Bertz CT molecular complexity index is 605. The maximum Gasteiger partial charge on any atom is 0.0681 e. The van der Waals surface area contributed by atoms with Gasteiger partial charge in [-0.1, -0.05) is 52.3 Å². The van der Waals surface area contributed by atoms with Crippen LogP contribution in [0, 0.1) is 0 Å². The number of rotatable bonds is 5. The number of aliphatic hydroxyl groups is 1. The van der Waals surface area contributed by atoms with Crippen molar-refractivity contribution >= 4 is 15.9 Å². The fourth-order valence-electron chi connectivity index (χ4n) is 2.92. The Morgan fingerprint density at radius 1 is 1.05 bits per heavy atom. The van der Waals surface area contributed by atoms with Crippen LogP contribution < -0.4 is 5.32 Å². The summed E-state index contributed by atoms with van der Waals surface area (Å²) < 4.78 is 1.14. The number of hydrogen-bond acceptors (Lipinski definition) is 2. The maximum absolute atomic E-state index is 9.09. The molecule has 2 N–H and O–H groups in total. The number of aliphatic hydroxyl groups excluding tert-OH is 1. The predicted octanol–water partition coefficient (Wildman–Crippen LogP) is 4.11. The molecule has 0 bridgehead atoms. The van der Waals surface area contributed by atoms with Crippen molar-refractivity contribution in [2.24, 2.45) is 0 Å². The zero-order valence-electron chi connectivity index (χ0n) is 12.0. The molecule has 0 radical (unpaired) electrons. The van der Waals surface area contributed by atoms with Crippen LogP contribution in [-0.4, -0.2) is 5.11 Å². The molecule has 0 amide bonds. The van der Waals surface area contributed by atoms with E-state index in [1.807, 2.05) is 12.1 Å². The minimum atomic E-state index is 0.107. The van der Waals surface area contributed by atoms with Crippen molar-refractivity contribution in [1.29, 1.82) is 0 Å². The molecule has 3 rings (SSSR count). The fourth-order valence-corrected chi connectivity index (χ4v) is 3.32. The van der Waals surface area contributed by atoms with Crippen LogP contribution in [0.5, 0.6) is 0 Å². The SMILES string of the molecule is OCc1ccc(CNC2(c3cccc(Br)c3)CCC2)cc1. The minimum absolute atomic E-state index is 0.107. The van der Waals surface area contributed by atoms with E-state index < -0.39 is 0 Å². The van der Waals surface area contributed by atoms with Crippen molar-refractivity contribution in [2.45, 2.75) is 38.0 Å². The lowest BCUT2D eigenvalue weighted by atomic mass is 9.71. The third-order valence-corrected chi connectivity index (χ3v) is 4.91. The Morgan fingerprint density at radius 2 is 1.76 bits per heavy atom. The highest BCUT2D eigenvalue weighted by atomic mass is 79.9. The normalized spacial score (nSPS) is 16.5. The molecule has 0 unspecified atom stereocenters. The smallest absolute Gasteiger partial charge is 0.0681 e. The summed E-state index contributed by atoms with van der Waals surface area (Å²) in [6.45, 7) is 0.966. The first-order valence-corrected chi connectivity index (χ1v) is 8.21. The molecule has 2 aromatic carbocycles. The van der Waals surface area contributed by atoms with Crippen molar-refractivity contribution in [1.82, 2.24) is 5.32 Å². The van der Waals surface area contributed by atoms with E-state index in [1.165, 1.54) is 30.4 Å². The Kier molecular flexibility index (Phi) is 4.43. The Balaban J connectivity index is 1.72. The second-order valence-corrected chi connectivity index (χ2v) is 6.69. The van der Waals surface area contributed by atoms with Crippen LogP contribution in [0.3, 0.4) is 0 Å². The van der Waals surface area contributed by atoms with Crippen LogP contribution in [0.1, 0.15) is 36.0 Å². The van der Waals surface area contributed by atoms with Gasteiger partial charge < -0.3 is 10.4 Å². The lowest BCUT2D eigenvalue weighted by Crippen LogP contribution is -2.47. The molecule has 3 heteroatoms. The first-order chi connectivity index (χ1) is 10.2. The lowest BCUT2D eigenvalue weighted by Gasteiger charge is -2.43. The maximum atomic E-state index is 9.09. The van der Waals surface area contributed by atoms with Gasteiger partial charge >= 0.3 is 0 Å². The standard InChI is InChI=1S/C18H20BrNO/c19-17-4-1-3-16(11-17)18(9-2-10-18)20-12-14-5-7-15(13-21)8-6-14/h1,3-8,11,20-21H,2,9-10,12-13H2. The van der Waals surface area contributed by atoms with Crippen LogP contribution in [0.2, 0.25) is 0 Å². The van der Waals surface area contributed by atoms with Crippen molar-refractivity contribution in [3.8, 4) is 0 Å².